The lowest BCUT2D eigenvalue weighted by atomic mass is 9.70. The Balaban J connectivity index is 1.35. The summed E-state index contributed by atoms with van der Waals surface area (Å²) in [7, 11) is 0. The van der Waals surface area contributed by atoms with E-state index in [-0.39, 0.29) is 23.3 Å². The third-order valence-corrected chi connectivity index (χ3v) is 9.07. The first-order valence-electron chi connectivity index (χ1n) is 13.1. The van der Waals surface area contributed by atoms with E-state index in [1.165, 1.54) is 22.3 Å². The van der Waals surface area contributed by atoms with Crippen molar-refractivity contribution in [2.45, 2.75) is 36.6 Å². The van der Waals surface area contributed by atoms with Crippen LogP contribution in [0.5, 0.6) is 0 Å². The third kappa shape index (κ3) is 4.31. The summed E-state index contributed by atoms with van der Waals surface area (Å²) in [6.07, 6.45) is 2.83. The lowest BCUT2D eigenvalue weighted by Gasteiger charge is -2.44. The van der Waals surface area contributed by atoms with Gasteiger partial charge in [0.25, 0.3) is 0 Å². The maximum Gasteiger partial charge on any atom is 0.228 e. The average Bonchev–Trinajstić information content (AvgIpc) is 3.27. The Morgan fingerprint density at radius 3 is 2.53 bits per heavy atom. The van der Waals surface area contributed by atoms with E-state index in [4.69, 9.17) is 4.74 Å². The fourth-order valence-electron chi connectivity index (χ4n) is 6.73. The number of hydrogen-bond acceptors (Lipinski definition) is 3. The molecule has 4 atom stereocenters. The molecule has 3 heterocycles. The molecule has 36 heavy (non-hydrogen) atoms. The highest BCUT2D eigenvalue weighted by atomic mass is 79.9. The number of nitrogens with zero attached hydrogens (tertiary/aromatic N) is 1. The molecule has 1 amide bonds. The zero-order chi connectivity index (χ0) is 24.5. The number of rotatable bonds is 3. The molecule has 0 aromatic heterocycles. The van der Waals surface area contributed by atoms with Crippen molar-refractivity contribution in [1.29, 1.82) is 0 Å². The molecule has 0 aliphatic carbocycles. The standard InChI is InChI=1S/C31H33BrN2O2/c32-26-11-12-27-25(17-26)14-16-36-21-31(27)20-33-19-28(31)30(35)34-15-13-24(22-7-3-1-4-8-22)18-29(34)23-9-5-2-6-10-23/h1-12,17,24,28-29,33H,13-16,18-21H2/t24-,28+,29+,31-/m1/s1. The number of carbonyl (C=O) groups excluding carboxylic acids is 1. The molecule has 2 fully saturated rings. The highest BCUT2D eigenvalue weighted by Crippen LogP contribution is 2.45. The van der Waals surface area contributed by atoms with Crippen molar-refractivity contribution in [1.82, 2.24) is 10.2 Å². The fraction of sp³-hybridized carbons (Fsp3) is 0.387. The Morgan fingerprint density at radius 1 is 1.00 bits per heavy atom. The Morgan fingerprint density at radius 2 is 1.75 bits per heavy atom. The van der Waals surface area contributed by atoms with Gasteiger partial charge in [0, 0.05) is 29.5 Å². The summed E-state index contributed by atoms with van der Waals surface area (Å²) >= 11 is 3.65. The molecule has 3 aliphatic rings. The van der Waals surface area contributed by atoms with E-state index in [0.29, 0.717) is 25.7 Å². The van der Waals surface area contributed by atoms with Crippen LogP contribution in [-0.4, -0.2) is 43.7 Å². The fourth-order valence-corrected chi connectivity index (χ4v) is 7.14. The lowest BCUT2D eigenvalue weighted by molar-refractivity contribution is -0.142. The summed E-state index contributed by atoms with van der Waals surface area (Å²) < 4.78 is 7.27. The number of ether oxygens (including phenoxy) is 1. The van der Waals surface area contributed by atoms with Crippen molar-refractivity contribution in [3.8, 4) is 0 Å². The maximum atomic E-state index is 14.5. The SMILES string of the molecule is O=C([C@@H]1CNC[C@]12COCCc1cc(Br)ccc12)N1CC[C@@H](c2ccccc2)C[C@H]1c1ccccc1. The molecule has 3 aromatic rings. The molecule has 186 valence electrons. The zero-order valence-corrected chi connectivity index (χ0v) is 22.1. The Hall–Kier alpha value is -2.47. The zero-order valence-electron chi connectivity index (χ0n) is 20.5. The van der Waals surface area contributed by atoms with Crippen LogP contribution < -0.4 is 5.32 Å². The van der Waals surface area contributed by atoms with Crippen LogP contribution >= 0.6 is 15.9 Å². The van der Waals surface area contributed by atoms with Gasteiger partial charge >= 0.3 is 0 Å². The third-order valence-electron chi connectivity index (χ3n) is 8.57. The Labute approximate surface area is 222 Å². The minimum Gasteiger partial charge on any atom is -0.380 e. The summed E-state index contributed by atoms with van der Waals surface area (Å²) in [6, 6.07) is 28.0. The second-order valence-corrected chi connectivity index (χ2v) is 11.4. The lowest BCUT2D eigenvalue weighted by Crippen LogP contribution is -2.51. The maximum absolute atomic E-state index is 14.5. The van der Waals surface area contributed by atoms with Gasteiger partial charge in [-0.3, -0.25) is 4.79 Å². The highest BCUT2D eigenvalue weighted by molar-refractivity contribution is 9.10. The molecule has 1 N–H and O–H groups in total. The first-order valence-corrected chi connectivity index (χ1v) is 13.9. The molecule has 0 bridgehead atoms. The molecule has 4 nitrogen and oxygen atoms in total. The van der Waals surface area contributed by atoms with Crippen LogP contribution in [0.25, 0.3) is 0 Å². The summed E-state index contributed by atoms with van der Waals surface area (Å²) in [5, 5.41) is 3.59. The van der Waals surface area contributed by atoms with E-state index >= 15 is 0 Å². The van der Waals surface area contributed by atoms with Crippen molar-refractivity contribution >= 4 is 21.8 Å². The number of fused-ring (bicyclic) bond motifs is 2. The van der Waals surface area contributed by atoms with Crippen molar-refractivity contribution in [2.24, 2.45) is 5.92 Å². The molecule has 1 spiro atoms. The van der Waals surface area contributed by atoms with Gasteiger partial charge in [-0.05, 0) is 59.6 Å². The number of halogens is 1. The van der Waals surface area contributed by atoms with Gasteiger partial charge in [0.2, 0.25) is 5.91 Å². The first-order chi connectivity index (χ1) is 17.7. The molecule has 5 heteroatoms. The van der Waals surface area contributed by atoms with Crippen LogP contribution in [0.4, 0.5) is 0 Å². The molecule has 3 aliphatic heterocycles. The number of benzene rings is 3. The minimum absolute atomic E-state index is 0.0754. The normalized spacial score (nSPS) is 28.0. The van der Waals surface area contributed by atoms with Gasteiger partial charge in [0.1, 0.15) is 0 Å². The monoisotopic (exact) mass is 544 g/mol. The van der Waals surface area contributed by atoms with Crippen molar-refractivity contribution in [2.75, 3.05) is 32.8 Å². The van der Waals surface area contributed by atoms with Crippen LogP contribution in [0.1, 0.15) is 47.1 Å². The number of nitrogens with one attached hydrogen (secondary N) is 1. The van der Waals surface area contributed by atoms with Gasteiger partial charge in [0.15, 0.2) is 0 Å². The summed E-state index contributed by atoms with van der Waals surface area (Å²) in [5.41, 5.74) is 4.85. The van der Waals surface area contributed by atoms with Crippen LogP contribution in [0, 0.1) is 5.92 Å². The minimum atomic E-state index is -0.332. The summed E-state index contributed by atoms with van der Waals surface area (Å²) in [4.78, 5) is 16.7. The van der Waals surface area contributed by atoms with Crippen LogP contribution in [0.15, 0.2) is 83.3 Å². The van der Waals surface area contributed by atoms with Gasteiger partial charge in [-0.1, -0.05) is 82.7 Å². The van der Waals surface area contributed by atoms with E-state index in [1.54, 1.807) is 0 Å². The topological polar surface area (TPSA) is 41.6 Å². The Bertz CT molecular complexity index is 1220. The van der Waals surface area contributed by atoms with Gasteiger partial charge in [-0.2, -0.15) is 0 Å². The van der Waals surface area contributed by atoms with Gasteiger partial charge in [0.05, 0.1) is 25.2 Å². The van der Waals surface area contributed by atoms with Crippen molar-refractivity contribution in [3.63, 3.8) is 0 Å². The van der Waals surface area contributed by atoms with E-state index in [9.17, 15) is 4.79 Å². The van der Waals surface area contributed by atoms with E-state index < -0.39 is 0 Å². The summed E-state index contributed by atoms with van der Waals surface area (Å²) in [5.74, 6) is 0.574. The number of amides is 1. The molecule has 2 saturated heterocycles. The van der Waals surface area contributed by atoms with Crippen LogP contribution in [0.3, 0.4) is 0 Å². The number of carbonyl (C=O) groups is 1. The number of hydrogen-bond donors (Lipinski definition) is 1. The van der Waals surface area contributed by atoms with E-state index in [1.807, 2.05) is 0 Å². The molecule has 3 aromatic carbocycles. The van der Waals surface area contributed by atoms with Crippen LogP contribution in [-0.2, 0) is 21.4 Å². The molecular weight excluding hydrogens is 512 g/mol. The molecular formula is C31H33BrN2O2. The second-order valence-electron chi connectivity index (χ2n) is 10.5. The van der Waals surface area contributed by atoms with E-state index in [0.717, 1.165) is 36.8 Å². The smallest absolute Gasteiger partial charge is 0.228 e. The van der Waals surface area contributed by atoms with Crippen molar-refractivity contribution < 1.29 is 9.53 Å². The predicted molar refractivity (Wildman–Crippen MR) is 146 cm³/mol. The highest BCUT2D eigenvalue weighted by Gasteiger charge is 2.52. The predicted octanol–water partition coefficient (Wildman–Crippen LogP) is 5.63. The van der Waals surface area contributed by atoms with E-state index in [2.05, 4.69) is 105 Å². The van der Waals surface area contributed by atoms with Gasteiger partial charge in [-0.25, -0.2) is 0 Å². The Kier molecular flexibility index (Phi) is 6.72. The summed E-state index contributed by atoms with van der Waals surface area (Å²) in [6.45, 7) is 3.52. The molecule has 0 saturated carbocycles. The van der Waals surface area contributed by atoms with Crippen molar-refractivity contribution in [3.05, 3.63) is 106 Å². The number of piperidine rings is 1. The molecule has 0 radical (unpaired) electrons. The van der Waals surface area contributed by atoms with Gasteiger partial charge in [-0.15, -0.1) is 0 Å². The van der Waals surface area contributed by atoms with Crippen LogP contribution in [0.2, 0.25) is 0 Å². The molecule has 6 rings (SSSR count). The quantitative estimate of drug-likeness (QED) is 0.464. The second kappa shape index (κ2) is 10.1. The largest absolute Gasteiger partial charge is 0.380 e. The van der Waals surface area contributed by atoms with Gasteiger partial charge < -0.3 is 15.0 Å². The molecule has 0 unspecified atom stereocenters. The number of likely N-dealkylation sites (tertiary alicyclic amines) is 1. The first kappa shape index (κ1) is 23.9. The average molecular weight is 546 g/mol.